The van der Waals surface area contributed by atoms with Gasteiger partial charge in [0, 0.05) is 18.4 Å². The average molecular weight is 335 g/mol. The molecule has 0 fully saturated rings. The van der Waals surface area contributed by atoms with Gasteiger partial charge in [0.25, 0.3) is 0 Å². The molecule has 3 heteroatoms. The number of aryl methyl sites for hydroxylation is 2. The van der Waals surface area contributed by atoms with Gasteiger partial charge in [-0.15, -0.1) is 0 Å². The van der Waals surface area contributed by atoms with Crippen molar-refractivity contribution in [2.75, 3.05) is 6.54 Å². The number of nitrogens with one attached hydrogen (secondary N) is 1. The Balaban J connectivity index is 2.55. The molecule has 2 atom stereocenters. The van der Waals surface area contributed by atoms with E-state index in [0.29, 0.717) is 0 Å². The predicted molar refractivity (Wildman–Crippen MR) is 102 cm³/mol. The Morgan fingerprint density at radius 2 is 1.64 bits per heavy atom. The molecule has 0 saturated carbocycles. The van der Waals surface area contributed by atoms with Crippen molar-refractivity contribution in [2.24, 2.45) is 5.92 Å². The van der Waals surface area contributed by atoms with Crippen molar-refractivity contribution in [3.05, 3.63) is 83.4 Å². The second-order valence-electron chi connectivity index (χ2n) is 6.36. The SMILES string of the molecule is C=CC(=O)NCC(C(C)=O)C(c1ccccc1)c1c(C)cccc1C. The van der Waals surface area contributed by atoms with Crippen molar-refractivity contribution in [1.82, 2.24) is 5.32 Å². The van der Waals surface area contributed by atoms with Crippen molar-refractivity contribution in [2.45, 2.75) is 26.7 Å². The highest BCUT2D eigenvalue weighted by Gasteiger charge is 2.30. The molecule has 2 unspecified atom stereocenters. The largest absolute Gasteiger partial charge is 0.352 e. The predicted octanol–water partition coefficient (Wildman–Crippen LogP) is 3.94. The molecule has 0 saturated heterocycles. The van der Waals surface area contributed by atoms with Gasteiger partial charge in [-0.3, -0.25) is 9.59 Å². The van der Waals surface area contributed by atoms with Gasteiger partial charge >= 0.3 is 0 Å². The Morgan fingerprint density at radius 3 is 2.16 bits per heavy atom. The zero-order valence-electron chi connectivity index (χ0n) is 15.1. The fraction of sp³-hybridized carbons (Fsp3) is 0.273. The van der Waals surface area contributed by atoms with Crippen molar-refractivity contribution in [3.8, 4) is 0 Å². The molecule has 0 spiro atoms. The number of Topliss-reactive ketones (excluding diaryl/α,β-unsaturated/α-hetero) is 1. The van der Waals surface area contributed by atoms with Crippen LogP contribution in [-0.4, -0.2) is 18.2 Å². The molecule has 2 aromatic carbocycles. The molecule has 0 heterocycles. The molecule has 3 nitrogen and oxygen atoms in total. The zero-order valence-corrected chi connectivity index (χ0v) is 15.1. The second-order valence-corrected chi connectivity index (χ2v) is 6.36. The molecule has 1 amide bonds. The van der Waals surface area contributed by atoms with Crippen LogP contribution in [0, 0.1) is 19.8 Å². The van der Waals surface area contributed by atoms with Gasteiger partial charge in [-0.25, -0.2) is 0 Å². The third-order valence-corrected chi connectivity index (χ3v) is 4.62. The van der Waals surface area contributed by atoms with Crippen LogP contribution in [0.3, 0.4) is 0 Å². The molecule has 2 aromatic rings. The van der Waals surface area contributed by atoms with Gasteiger partial charge in [-0.05, 0) is 49.1 Å². The van der Waals surface area contributed by atoms with E-state index in [-0.39, 0.29) is 30.1 Å². The molecule has 25 heavy (non-hydrogen) atoms. The van der Waals surface area contributed by atoms with Crippen LogP contribution < -0.4 is 5.32 Å². The minimum absolute atomic E-state index is 0.0564. The molecule has 130 valence electrons. The van der Waals surface area contributed by atoms with Crippen LogP contribution in [0.15, 0.2) is 61.2 Å². The number of hydrogen-bond acceptors (Lipinski definition) is 2. The Hall–Kier alpha value is -2.68. The third-order valence-electron chi connectivity index (χ3n) is 4.62. The van der Waals surface area contributed by atoms with Crippen LogP contribution in [0.1, 0.15) is 35.1 Å². The molecule has 0 aliphatic carbocycles. The summed E-state index contributed by atoms with van der Waals surface area (Å²) in [7, 11) is 0. The molecule has 0 radical (unpaired) electrons. The van der Waals surface area contributed by atoms with Crippen LogP contribution >= 0.6 is 0 Å². The number of carbonyl (C=O) groups excluding carboxylic acids is 2. The number of ketones is 1. The number of hydrogen-bond donors (Lipinski definition) is 1. The summed E-state index contributed by atoms with van der Waals surface area (Å²) >= 11 is 0. The average Bonchev–Trinajstić information content (AvgIpc) is 2.60. The van der Waals surface area contributed by atoms with Gasteiger partial charge in [0.1, 0.15) is 5.78 Å². The van der Waals surface area contributed by atoms with Crippen molar-refractivity contribution in [1.29, 1.82) is 0 Å². The fourth-order valence-electron chi connectivity index (χ4n) is 3.36. The van der Waals surface area contributed by atoms with E-state index >= 15 is 0 Å². The van der Waals surface area contributed by atoms with Gasteiger partial charge in [-0.2, -0.15) is 0 Å². The second kappa shape index (κ2) is 8.43. The molecule has 1 N–H and O–H groups in total. The smallest absolute Gasteiger partial charge is 0.243 e. The molecular formula is C22H25NO2. The summed E-state index contributed by atoms with van der Waals surface area (Å²) in [5.41, 5.74) is 4.53. The lowest BCUT2D eigenvalue weighted by molar-refractivity contribution is -0.121. The van der Waals surface area contributed by atoms with E-state index in [0.717, 1.165) is 22.3 Å². The maximum atomic E-state index is 12.5. The fourth-order valence-corrected chi connectivity index (χ4v) is 3.36. The first-order valence-electron chi connectivity index (χ1n) is 8.47. The van der Waals surface area contributed by atoms with E-state index in [4.69, 9.17) is 0 Å². The summed E-state index contributed by atoms with van der Waals surface area (Å²) in [6, 6.07) is 16.2. The van der Waals surface area contributed by atoms with Crippen LogP contribution in [0.25, 0.3) is 0 Å². The lowest BCUT2D eigenvalue weighted by Crippen LogP contribution is -2.35. The van der Waals surface area contributed by atoms with Gasteiger partial charge in [0.05, 0.1) is 0 Å². The summed E-state index contributed by atoms with van der Waals surface area (Å²) in [5.74, 6) is -0.656. The molecule has 0 aromatic heterocycles. The van der Waals surface area contributed by atoms with E-state index in [1.54, 1.807) is 6.92 Å². The lowest BCUT2D eigenvalue weighted by Gasteiger charge is -2.29. The minimum atomic E-state index is -0.342. The van der Waals surface area contributed by atoms with Gasteiger partial charge in [-0.1, -0.05) is 55.1 Å². The Morgan fingerprint density at radius 1 is 1.04 bits per heavy atom. The molecule has 2 rings (SSSR count). The standard InChI is InChI=1S/C22H25NO2/c1-5-20(25)23-14-19(17(4)24)22(18-12-7-6-8-13-18)21-15(2)10-9-11-16(21)3/h5-13,19,22H,1,14H2,2-4H3,(H,23,25). The summed E-state index contributed by atoms with van der Waals surface area (Å²) in [4.78, 5) is 24.1. The first-order chi connectivity index (χ1) is 12.0. The van der Waals surface area contributed by atoms with E-state index in [1.165, 1.54) is 6.08 Å². The third kappa shape index (κ3) is 4.44. The summed E-state index contributed by atoms with van der Waals surface area (Å²) in [6.45, 7) is 9.49. The van der Waals surface area contributed by atoms with Gasteiger partial charge < -0.3 is 5.32 Å². The van der Waals surface area contributed by atoms with E-state index in [9.17, 15) is 9.59 Å². The molecule has 0 aliphatic rings. The minimum Gasteiger partial charge on any atom is -0.352 e. The molecule has 0 aliphatic heterocycles. The number of carbonyl (C=O) groups is 2. The van der Waals surface area contributed by atoms with Crippen molar-refractivity contribution in [3.63, 3.8) is 0 Å². The first kappa shape index (κ1) is 18.7. The summed E-state index contributed by atoms with van der Waals surface area (Å²) in [5, 5.41) is 2.79. The van der Waals surface area contributed by atoms with E-state index < -0.39 is 0 Å². The van der Waals surface area contributed by atoms with Gasteiger partial charge in [0.2, 0.25) is 5.91 Å². The zero-order chi connectivity index (χ0) is 18.4. The maximum absolute atomic E-state index is 12.5. The summed E-state index contributed by atoms with van der Waals surface area (Å²) < 4.78 is 0. The maximum Gasteiger partial charge on any atom is 0.243 e. The van der Waals surface area contributed by atoms with Crippen LogP contribution in [0.4, 0.5) is 0 Å². The molecular weight excluding hydrogens is 310 g/mol. The van der Waals surface area contributed by atoms with Crippen LogP contribution in [0.2, 0.25) is 0 Å². The molecule has 0 bridgehead atoms. The normalized spacial score (nSPS) is 12.9. The number of amides is 1. The van der Waals surface area contributed by atoms with Crippen LogP contribution in [-0.2, 0) is 9.59 Å². The highest BCUT2D eigenvalue weighted by Crippen LogP contribution is 2.36. The number of rotatable bonds is 7. The monoisotopic (exact) mass is 335 g/mol. The first-order valence-corrected chi connectivity index (χ1v) is 8.47. The lowest BCUT2D eigenvalue weighted by atomic mass is 9.75. The Labute approximate surface area is 149 Å². The highest BCUT2D eigenvalue weighted by molar-refractivity contribution is 5.88. The summed E-state index contributed by atoms with van der Waals surface area (Å²) in [6.07, 6.45) is 1.23. The van der Waals surface area contributed by atoms with Crippen molar-refractivity contribution < 1.29 is 9.59 Å². The highest BCUT2D eigenvalue weighted by atomic mass is 16.1. The topological polar surface area (TPSA) is 46.2 Å². The van der Waals surface area contributed by atoms with Gasteiger partial charge in [0.15, 0.2) is 0 Å². The quantitative estimate of drug-likeness (QED) is 0.779. The Kier molecular flexibility index (Phi) is 6.29. The van der Waals surface area contributed by atoms with E-state index in [2.05, 4.69) is 37.9 Å². The Bertz CT molecular complexity index is 745. The van der Waals surface area contributed by atoms with E-state index in [1.807, 2.05) is 36.4 Å². The van der Waals surface area contributed by atoms with Crippen molar-refractivity contribution >= 4 is 11.7 Å². The van der Waals surface area contributed by atoms with Crippen LogP contribution in [0.5, 0.6) is 0 Å². The number of benzene rings is 2.